The van der Waals surface area contributed by atoms with E-state index in [1.54, 1.807) is 31.3 Å². The van der Waals surface area contributed by atoms with Crippen molar-refractivity contribution in [1.82, 2.24) is 14.3 Å². The molecule has 0 aliphatic carbocycles. The highest BCUT2D eigenvalue weighted by Gasteiger charge is 2.26. The lowest BCUT2D eigenvalue weighted by Gasteiger charge is -2.35. The number of aromatic nitrogens is 2. The quantitative estimate of drug-likeness (QED) is 0.407. The lowest BCUT2D eigenvalue weighted by Crippen LogP contribution is -2.49. The normalized spacial score (nSPS) is 14.1. The summed E-state index contributed by atoms with van der Waals surface area (Å²) in [6.07, 6.45) is 4.76. The van der Waals surface area contributed by atoms with Gasteiger partial charge in [0.2, 0.25) is 21.9 Å². The van der Waals surface area contributed by atoms with Crippen LogP contribution in [0.3, 0.4) is 0 Å². The molecule has 0 radical (unpaired) electrons. The van der Waals surface area contributed by atoms with Gasteiger partial charge in [-0.25, -0.2) is 13.4 Å². The second kappa shape index (κ2) is 11.9. The Morgan fingerprint density at radius 3 is 2.44 bits per heavy atom. The molecule has 0 amide bonds. The SMILES string of the molecule is CCS(=O)(=O)N1CCN(c2ccc(Nc3nccc(Oc4c(C)cc(/C=C/C#N)cc4C)n3)cc2C#N)CC1. The molecule has 1 aromatic heterocycles. The van der Waals surface area contributed by atoms with Crippen LogP contribution in [0.15, 0.2) is 48.7 Å². The molecule has 2 aromatic carbocycles. The summed E-state index contributed by atoms with van der Waals surface area (Å²) < 4.78 is 31.9. The average molecular weight is 544 g/mol. The van der Waals surface area contributed by atoms with Gasteiger partial charge in [0.25, 0.3) is 0 Å². The lowest BCUT2D eigenvalue weighted by molar-refractivity contribution is 0.385. The van der Waals surface area contributed by atoms with Crippen LogP contribution in [0.5, 0.6) is 11.6 Å². The van der Waals surface area contributed by atoms with Crippen LogP contribution < -0.4 is 15.0 Å². The first-order valence-corrected chi connectivity index (χ1v) is 14.1. The van der Waals surface area contributed by atoms with Gasteiger partial charge in [0.15, 0.2) is 0 Å². The molecule has 1 aliphatic rings. The first kappa shape index (κ1) is 27.6. The van der Waals surface area contributed by atoms with E-state index in [4.69, 9.17) is 10.00 Å². The molecule has 1 aliphatic heterocycles. The minimum Gasteiger partial charge on any atom is -0.438 e. The fraction of sp³-hybridized carbons (Fsp3) is 0.286. The fourth-order valence-electron chi connectivity index (χ4n) is 4.44. The Morgan fingerprint density at radius 1 is 1.08 bits per heavy atom. The molecule has 1 saturated heterocycles. The molecule has 3 aromatic rings. The second-order valence-electron chi connectivity index (χ2n) is 9.02. The van der Waals surface area contributed by atoms with Crippen LogP contribution in [0.1, 0.15) is 29.2 Å². The molecule has 10 nitrogen and oxygen atoms in total. The number of rotatable bonds is 8. The molecule has 200 valence electrons. The van der Waals surface area contributed by atoms with E-state index in [0.717, 1.165) is 22.4 Å². The van der Waals surface area contributed by atoms with Gasteiger partial charge in [-0.1, -0.05) is 0 Å². The Labute approximate surface area is 228 Å². The molecule has 0 saturated carbocycles. The number of nitrogens with one attached hydrogen (secondary N) is 1. The highest BCUT2D eigenvalue weighted by Crippen LogP contribution is 2.31. The molecule has 11 heteroatoms. The van der Waals surface area contributed by atoms with Gasteiger partial charge in [0.05, 0.1) is 23.1 Å². The second-order valence-corrected chi connectivity index (χ2v) is 11.3. The third-order valence-corrected chi connectivity index (χ3v) is 8.26. The minimum atomic E-state index is -3.22. The van der Waals surface area contributed by atoms with Crippen LogP contribution in [-0.4, -0.2) is 54.6 Å². The van der Waals surface area contributed by atoms with E-state index in [-0.39, 0.29) is 5.75 Å². The van der Waals surface area contributed by atoms with Crippen molar-refractivity contribution in [3.05, 3.63) is 70.9 Å². The van der Waals surface area contributed by atoms with Crippen LogP contribution >= 0.6 is 0 Å². The molecule has 1 N–H and O–H groups in total. The van der Waals surface area contributed by atoms with Gasteiger partial charge in [-0.15, -0.1) is 0 Å². The Morgan fingerprint density at radius 2 is 1.79 bits per heavy atom. The van der Waals surface area contributed by atoms with Crippen molar-refractivity contribution in [2.45, 2.75) is 20.8 Å². The van der Waals surface area contributed by atoms with Crippen LogP contribution in [0.2, 0.25) is 0 Å². The van der Waals surface area contributed by atoms with E-state index < -0.39 is 10.0 Å². The molecule has 0 bridgehead atoms. The highest BCUT2D eigenvalue weighted by molar-refractivity contribution is 7.89. The summed E-state index contributed by atoms with van der Waals surface area (Å²) in [5.41, 5.74) is 4.59. The van der Waals surface area contributed by atoms with E-state index in [0.29, 0.717) is 55.0 Å². The van der Waals surface area contributed by atoms with Crippen molar-refractivity contribution in [3.8, 4) is 23.8 Å². The van der Waals surface area contributed by atoms with Crippen LogP contribution in [0, 0.1) is 36.5 Å². The number of sulfonamides is 1. The molecule has 2 heterocycles. The van der Waals surface area contributed by atoms with Crippen molar-refractivity contribution < 1.29 is 13.2 Å². The maximum absolute atomic E-state index is 12.2. The van der Waals surface area contributed by atoms with Gasteiger partial charge >= 0.3 is 0 Å². The largest absolute Gasteiger partial charge is 0.438 e. The molecule has 0 atom stereocenters. The van der Waals surface area contributed by atoms with E-state index in [1.807, 2.05) is 49.1 Å². The molecule has 0 spiro atoms. The minimum absolute atomic E-state index is 0.0809. The van der Waals surface area contributed by atoms with E-state index >= 15 is 0 Å². The molecule has 0 unspecified atom stereocenters. The average Bonchev–Trinajstić information content (AvgIpc) is 2.94. The number of nitrogens with zero attached hydrogens (tertiary/aromatic N) is 6. The number of hydrogen-bond donors (Lipinski definition) is 1. The number of allylic oxidation sites excluding steroid dienone is 1. The zero-order valence-corrected chi connectivity index (χ0v) is 22.9. The number of anilines is 3. The maximum atomic E-state index is 12.2. The predicted octanol–water partition coefficient (Wildman–Crippen LogP) is 4.51. The Balaban J connectivity index is 1.48. The third-order valence-electron chi connectivity index (χ3n) is 6.38. The van der Waals surface area contributed by atoms with Crippen molar-refractivity contribution in [2.24, 2.45) is 0 Å². The molecule has 4 rings (SSSR count). The van der Waals surface area contributed by atoms with E-state index in [2.05, 4.69) is 21.4 Å². The van der Waals surface area contributed by atoms with Gasteiger partial charge in [-0.05, 0) is 73.9 Å². The van der Waals surface area contributed by atoms with Crippen LogP contribution in [0.25, 0.3) is 6.08 Å². The number of aryl methyl sites for hydroxylation is 2. The topological polar surface area (TPSA) is 135 Å². The van der Waals surface area contributed by atoms with Crippen LogP contribution in [0.4, 0.5) is 17.3 Å². The van der Waals surface area contributed by atoms with Gasteiger partial charge < -0.3 is 15.0 Å². The summed E-state index contributed by atoms with van der Waals surface area (Å²) in [4.78, 5) is 10.8. The summed E-state index contributed by atoms with van der Waals surface area (Å²) in [5, 5.41) is 21.7. The zero-order valence-electron chi connectivity index (χ0n) is 22.0. The molecule has 1 fully saturated rings. The van der Waals surface area contributed by atoms with Crippen LogP contribution in [-0.2, 0) is 10.0 Å². The smallest absolute Gasteiger partial charge is 0.230 e. The van der Waals surface area contributed by atoms with Crippen molar-refractivity contribution >= 4 is 33.4 Å². The van der Waals surface area contributed by atoms with Crippen molar-refractivity contribution in [3.63, 3.8) is 0 Å². The molecular weight excluding hydrogens is 514 g/mol. The van der Waals surface area contributed by atoms with Gasteiger partial charge in [-0.3, -0.25) is 0 Å². The summed E-state index contributed by atoms with van der Waals surface area (Å²) in [6.45, 7) is 7.30. The highest BCUT2D eigenvalue weighted by atomic mass is 32.2. The first-order valence-electron chi connectivity index (χ1n) is 12.5. The standard InChI is InChI=1S/C28H29N7O3S/c1-4-39(36,37)35-14-12-34(13-15-35)25-8-7-24(18-23(25)19-30)32-28-31-11-9-26(33-28)38-27-20(2)16-22(6-5-10-29)17-21(27)3/h5-9,11,16-18H,4,12-15H2,1-3H3,(H,31,32,33)/b6-5+. The summed E-state index contributed by atoms with van der Waals surface area (Å²) >= 11 is 0. The summed E-state index contributed by atoms with van der Waals surface area (Å²) in [6, 6.07) is 15.2. The van der Waals surface area contributed by atoms with Crippen molar-refractivity contribution in [2.75, 3.05) is 42.1 Å². The third kappa shape index (κ3) is 6.52. The van der Waals surface area contributed by atoms with Gasteiger partial charge in [0.1, 0.15) is 11.8 Å². The number of piperazine rings is 1. The monoisotopic (exact) mass is 543 g/mol. The zero-order chi connectivity index (χ0) is 28.0. The molecule has 39 heavy (non-hydrogen) atoms. The number of ether oxygens (including phenoxy) is 1. The number of hydrogen-bond acceptors (Lipinski definition) is 9. The van der Waals surface area contributed by atoms with Crippen molar-refractivity contribution in [1.29, 1.82) is 10.5 Å². The predicted molar refractivity (Wildman–Crippen MR) is 150 cm³/mol. The summed E-state index contributed by atoms with van der Waals surface area (Å²) in [5.74, 6) is 1.43. The first-order chi connectivity index (χ1) is 18.7. The fourth-order valence-corrected chi connectivity index (χ4v) is 5.52. The number of benzene rings is 2. The van der Waals surface area contributed by atoms with Gasteiger partial charge in [0, 0.05) is 50.2 Å². The van der Waals surface area contributed by atoms with E-state index in [9.17, 15) is 13.7 Å². The maximum Gasteiger partial charge on any atom is 0.230 e. The summed E-state index contributed by atoms with van der Waals surface area (Å²) in [7, 11) is -3.22. The Hall–Kier alpha value is -4.45. The lowest BCUT2D eigenvalue weighted by atomic mass is 10.1. The number of nitriles is 2. The van der Waals surface area contributed by atoms with Gasteiger partial charge in [-0.2, -0.15) is 19.8 Å². The Bertz CT molecular complexity index is 1560. The Kier molecular flexibility index (Phi) is 8.45. The van der Waals surface area contributed by atoms with E-state index in [1.165, 1.54) is 10.4 Å². The molecular formula is C28H29N7O3S.